The number of hydrogen-bond donors (Lipinski definition) is 1. The van der Waals surface area contributed by atoms with Crippen LogP contribution in [0.1, 0.15) is 17.2 Å². The monoisotopic (exact) mass is 407 g/mol. The van der Waals surface area contributed by atoms with Crippen LogP contribution >= 0.6 is 23.2 Å². The van der Waals surface area contributed by atoms with Gasteiger partial charge in [0.2, 0.25) is 0 Å². The Morgan fingerprint density at radius 1 is 0.893 bits per heavy atom. The molecule has 4 rings (SSSR count). The van der Waals surface area contributed by atoms with Crippen LogP contribution < -0.4 is 5.32 Å². The van der Waals surface area contributed by atoms with Gasteiger partial charge in [-0.15, -0.1) is 4.91 Å². The first kappa shape index (κ1) is 18.4. The molecule has 4 aromatic rings. The van der Waals surface area contributed by atoms with Gasteiger partial charge >= 0.3 is 0 Å². The van der Waals surface area contributed by atoms with E-state index < -0.39 is 6.04 Å². The molecule has 1 unspecified atom stereocenters. The van der Waals surface area contributed by atoms with Gasteiger partial charge in [-0.2, -0.15) is 0 Å². The number of nitrogens with zero attached hydrogens (tertiary/aromatic N) is 2. The second-order valence-electron chi connectivity index (χ2n) is 6.27. The zero-order valence-corrected chi connectivity index (χ0v) is 16.2. The van der Waals surface area contributed by atoms with Crippen LogP contribution in [-0.2, 0) is 0 Å². The lowest BCUT2D eigenvalue weighted by atomic mass is 9.94. The molecular weight excluding hydrogens is 393 g/mol. The average Bonchev–Trinajstić information content (AvgIpc) is 2.72. The number of rotatable bonds is 5. The predicted molar refractivity (Wildman–Crippen MR) is 116 cm³/mol. The number of anilines is 1. The van der Waals surface area contributed by atoms with Gasteiger partial charge in [-0.3, -0.25) is 0 Å². The van der Waals surface area contributed by atoms with Gasteiger partial charge in [0.15, 0.2) is 0 Å². The summed E-state index contributed by atoms with van der Waals surface area (Å²) in [6.07, 6.45) is 1.70. The van der Waals surface area contributed by atoms with Gasteiger partial charge in [-0.1, -0.05) is 71.7 Å². The fourth-order valence-corrected chi connectivity index (χ4v) is 3.78. The lowest BCUT2D eigenvalue weighted by molar-refractivity contribution is 0.928. The summed E-state index contributed by atoms with van der Waals surface area (Å²) in [5, 5.41) is 9.49. The second kappa shape index (κ2) is 7.97. The van der Waals surface area contributed by atoms with Gasteiger partial charge in [-0.05, 0) is 40.4 Å². The molecule has 0 aliphatic heterocycles. The van der Waals surface area contributed by atoms with Crippen molar-refractivity contribution < 1.29 is 0 Å². The maximum atomic E-state index is 11.8. The largest absolute Gasteiger partial charge is 0.359 e. The number of benzene rings is 3. The minimum Gasteiger partial charge on any atom is -0.359 e. The van der Waals surface area contributed by atoms with E-state index in [1.54, 1.807) is 18.3 Å². The Labute approximate surface area is 172 Å². The van der Waals surface area contributed by atoms with E-state index in [-0.39, 0.29) is 0 Å². The summed E-state index contributed by atoms with van der Waals surface area (Å²) < 4.78 is 0. The van der Waals surface area contributed by atoms with E-state index in [4.69, 9.17) is 23.2 Å². The summed E-state index contributed by atoms with van der Waals surface area (Å²) in [5.74, 6) is 0.656. The molecule has 0 radical (unpaired) electrons. The highest BCUT2D eigenvalue weighted by molar-refractivity contribution is 6.35. The van der Waals surface area contributed by atoms with E-state index in [1.807, 2.05) is 60.7 Å². The molecule has 3 aromatic carbocycles. The van der Waals surface area contributed by atoms with Gasteiger partial charge < -0.3 is 5.32 Å². The third kappa shape index (κ3) is 3.57. The number of pyridine rings is 1. The van der Waals surface area contributed by atoms with E-state index in [1.165, 1.54) is 0 Å². The third-order valence-electron chi connectivity index (χ3n) is 4.56. The highest BCUT2D eigenvalue weighted by Crippen LogP contribution is 2.40. The fourth-order valence-electron chi connectivity index (χ4n) is 3.26. The Bertz CT molecular complexity index is 1150. The molecule has 0 fully saturated rings. The number of aromatic nitrogens is 1. The number of halogens is 2. The van der Waals surface area contributed by atoms with Crippen LogP contribution in [0.15, 0.2) is 84.2 Å². The van der Waals surface area contributed by atoms with Gasteiger partial charge in [-0.25, -0.2) is 4.98 Å². The maximum Gasteiger partial charge on any atom is 0.126 e. The van der Waals surface area contributed by atoms with Gasteiger partial charge in [0.25, 0.3) is 0 Å². The van der Waals surface area contributed by atoms with Crippen molar-refractivity contribution in [2.24, 2.45) is 5.18 Å². The fraction of sp³-hybridized carbons (Fsp3) is 0.0455. The highest BCUT2D eigenvalue weighted by atomic mass is 35.5. The van der Waals surface area contributed by atoms with Crippen molar-refractivity contribution >= 4 is 45.5 Å². The summed E-state index contributed by atoms with van der Waals surface area (Å²) in [6.45, 7) is 0. The Balaban J connectivity index is 1.92. The average molecular weight is 408 g/mol. The summed E-state index contributed by atoms with van der Waals surface area (Å²) in [6, 6.07) is 21.9. The molecule has 0 aliphatic carbocycles. The quantitative estimate of drug-likeness (QED) is 0.357. The summed E-state index contributed by atoms with van der Waals surface area (Å²) >= 11 is 12.6. The van der Waals surface area contributed by atoms with Crippen molar-refractivity contribution in [3.8, 4) is 0 Å². The van der Waals surface area contributed by atoms with Crippen LogP contribution in [0.3, 0.4) is 0 Å². The number of nitrogens with one attached hydrogen (secondary N) is 1. The van der Waals surface area contributed by atoms with Crippen LogP contribution in [0, 0.1) is 4.91 Å². The molecule has 0 saturated carbocycles. The molecule has 0 spiro atoms. The van der Waals surface area contributed by atoms with Crippen LogP contribution in [0.5, 0.6) is 0 Å². The molecule has 28 heavy (non-hydrogen) atoms. The third-order valence-corrected chi connectivity index (χ3v) is 5.13. The number of nitroso groups, excluding NO2 is 1. The molecule has 1 aromatic heterocycles. The van der Waals surface area contributed by atoms with E-state index >= 15 is 0 Å². The first-order chi connectivity index (χ1) is 13.7. The topological polar surface area (TPSA) is 54.4 Å². The molecule has 1 atom stereocenters. The molecule has 0 saturated heterocycles. The van der Waals surface area contributed by atoms with E-state index in [0.29, 0.717) is 27.1 Å². The second-order valence-corrected chi connectivity index (χ2v) is 7.12. The van der Waals surface area contributed by atoms with Crippen molar-refractivity contribution in [3.63, 3.8) is 0 Å². The zero-order chi connectivity index (χ0) is 19.5. The summed E-state index contributed by atoms with van der Waals surface area (Å²) in [7, 11) is 0. The Kier molecular flexibility index (Phi) is 5.24. The molecular formula is C22H15Cl2N3O. The van der Waals surface area contributed by atoms with Gasteiger partial charge in [0.05, 0.1) is 6.04 Å². The highest BCUT2D eigenvalue weighted by Gasteiger charge is 2.23. The molecule has 1 N–H and O–H groups in total. The predicted octanol–water partition coefficient (Wildman–Crippen LogP) is 7.14. The Morgan fingerprint density at radius 2 is 1.68 bits per heavy atom. The standard InChI is InChI=1S/C22H15Cl2N3O/c23-15-9-11-17(19(24)13-15)21(26-20-7-3-4-12-25-20)18-10-8-14-5-1-2-6-16(14)22(18)27-28/h1-13,21H,(H,25,26). The van der Waals surface area contributed by atoms with Crippen molar-refractivity contribution in [3.05, 3.63) is 105 Å². The SMILES string of the molecule is O=Nc1c(C(Nc2ccccn2)c2ccc(Cl)cc2Cl)ccc2ccccc12. The maximum absolute atomic E-state index is 11.8. The first-order valence-electron chi connectivity index (χ1n) is 8.65. The molecule has 6 heteroatoms. The molecule has 0 amide bonds. The summed E-state index contributed by atoms with van der Waals surface area (Å²) in [4.78, 5) is 16.2. The molecule has 0 bridgehead atoms. The number of hydrogen-bond acceptors (Lipinski definition) is 4. The van der Waals surface area contributed by atoms with Crippen LogP contribution in [0.2, 0.25) is 10.0 Å². The lowest BCUT2D eigenvalue weighted by Crippen LogP contribution is -2.14. The van der Waals surface area contributed by atoms with Crippen LogP contribution in [0.4, 0.5) is 11.5 Å². The summed E-state index contributed by atoms with van der Waals surface area (Å²) in [5.41, 5.74) is 1.86. The molecule has 4 nitrogen and oxygen atoms in total. The Morgan fingerprint density at radius 3 is 2.43 bits per heavy atom. The Hall–Kier alpha value is -2.95. The van der Waals surface area contributed by atoms with E-state index in [0.717, 1.165) is 16.3 Å². The van der Waals surface area contributed by atoms with Crippen molar-refractivity contribution in [2.75, 3.05) is 5.32 Å². The lowest BCUT2D eigenvalue weighted by Gasteiger charge is -2.23. The van der Waals surface area contributed by atoms with E-state index in [9.17, 15) is 4.91 Å². The van der Waals surface area contributed by atoms with Crippen molar-refractivity contribution in [1.29, 1.82) is 0 Å². The van der Waals surface area contributed by atoms with Crippen molar-refractivity contribution in [1.82, 2.24) is 4.98 Å². The smallest absolute Gasteiger partial charge is 0.126 e. The molecule has 138 valence electrons. The van der Waals surface area contributed by atoms with Crippen LogP contribution in [0.25, 0.3) is 10.8 Å². The number of fused-ring (bicyclic) bond motifs is 1. The minimum atomic E-state index is -0.433. The normalized spacial score (nSPS) is 11.9. The first-order valence-corrected chi connectivity index (χ1v) is 9.40. The molecule has 0 aliphatic rings. The van der Waals surface area contributed by atoms with Gasteiger partial charge in [0.1, 0.15) is 11.5 Å². The van der Waals surface area contributed by atoms with Gasteiger partial charge in [0, 0.05) is 27.2 Å². The van der Waals surface area contributed by atoms with Crippen molar-refractivity contribution in [2.45, 2.75) is 6.04 Å². The molecule has 1 heterocycles. The minimum absolute atomic E-state index is 0.373. The zero-order valence-electron chi connectivity index (χ0n) is 14.6. The van der Waals surface area contributed by atoms with E-state index in [2.05, 4.69) is 15.5 Å². The van der Waals surface area contributed by atoms with Crippen LogP contribution in [-0.4, -0.2) is 4.98 Å².